The minimum atomic E-state index is -1.00. The van der Waals surface area contributed by atoms with Crippen molar-refractivity contribution in [2.75, 3.05) is 21.3 Å². The lowest BCUT2D eigenvalue weighted by atomic mass is 10.0. The van der Waals surface area contributed by atoms with Crippen LogP contribution in [0.25, 0.3) is 0 Å². The van der Waals surface area contributed by atoms with Gasteiger partial charge in [0.15, 0.2) is 0 Å². The quantitative estimate of drug-likeness (QED) is 0.254. The zero-order valence-corrected chi connectivity index (χ0v) is 30.1. The highest BCUT2D eigenvalue weighted by molar-refractivity contribution is 5.11. The number of hydrogen-bond acceptors (Lipinski definition) is 2. The number of halogens is 2. The van der Waals surface area contributed by atoms with Gasteiger partial charge in [-0.3, -0.25) is 4.39 Å². The number of rotatable bonds is 7. The Labute approximate surface area is 239 Å². The van der Waals surface area contributed by atoms with E-state index in [1.165, 1.54) is 0 Å². The molecular formula is C33H81F2NO. The summed E-state index contributed by atoms with van der Waals surface area (Å²) in [5, 5.41) is 2.75. The first-order valence-corrected chi connectivity index (χ1v) is 14.7. The number of carbonyl (C=O) groups is 1. The fourth-order valence-corrected chi connectivity index (χ4v) is 1.20. The first-order valence-electron chi connectivity index (χ1n) is 14.7. The van der Waals surface area contributed by atoms with E-state index in [1.807, 2.05) is 118 Å². The minimum absolute atomic E-state index is 0.500. The standard InChI is InChI=1S/C13H23F.C2H7N.7C2H6.C2H4.CH3F.CH2O/c1-4-5-6-7-8-9-10-11-12-13(2,3)14;1-3-2;10*1-2/h5-6,8-9H,4,7,10-12H2,1-3H3;3H,1-2H3;7*1-2H3;1-2H2;1H3;1H2. The molecule has 0 atom stereocenters. The highest BCUT2D eigenvalue weighted by atomic mass is 19.1. The van der Waals surface area contributed by atoms with Gasteiger partial charge >= 0.3 is 0 Å². The molecule has 0 fully saturated rings. The van der Waals surface area contributed by atoms with Gasteiger partial charge < -0.3 is 10.1 Å². The minimum Gasteiger partial charge on any atom is -0.323 e. The first-order chi connectivity index (χ1) is 18.0. The number of nitrogens with one attached hydrogen (secondary N) is 1. The Balaban J connectivity index is -0.0000000227. The first kappa shape index (κ1) is 76.5. The second kappa shape index (κ2) is 182. The topological polar surface area (TPSA) is 29.1 Å². The summed E-state index contributed by atoms with van der Waals surface area (Å²) in [5.74, 6) is 0. The van der Waals surface area contributed by atoms with Crippen LogP contribution in [0, 0.1) is 0 Å². The highest BCUT2D eigenvalue weighted by Gasteiger charge is 2.13. The molecule has 0 saturated heterocycles. The van der Waals surface area contributed by atoms with Crippen molar-refractivity contribution in [3.05, 3.63) is 37.5 Å². The summed E-state index contributed by atoms with van der Waals surface area (Å²) in [7, 11) is 4.25. The Bertz CT molecular complexity index is 225. The van der Waals surface area contributed by atoms with Crippen LogP contribution in [0.5, 0.6) is 0 Å². The number of carbonyl (C=O) groups excluding carboxylic acids is 1. The van der Waals surface area contributed by atoms with Gasteiger partial charge in [-0.1, -0.05) is 128 Å². The molecule has 0 aromatic carbocycles. The molecule has 0 aliphatic heterocycles. The van der Waals surface area contributed by atoms with Crippen LogP contribution < -0.4 is 5.32 Å². The van der Waals surface area contributed by atoms with Crippen molar-refractivity contribution >= 4 is 6.79 Å². The summed E-state index contributed by atoms with van der Waals surface area (Å²) in [6.07, 6.45) is 13.3. The smallest absolute Gasteiger partial charge is 0.106 e. The summed E-state index contributed by atoms with van der Waals surface area (Å²) in [6, 6.07) is 0. The molecule has 1 N–H and O–H groups in total. The molecule has 238 valence electrons. The van der Waals surface area contributed by atoms with Crippen molar-refractivity contribution in [3.63, 3.8) is 0 Å². The summed E-state index contributed by atoms with van der Waals surface area (Å²) in [5.41, 5.74) is -1.00. The van der Waals surface area contributed by atoms with E-state index in [-0.39, 0.29) is 0 Å². The Morgan fingerprint density at radius 3 is 1.11 bits per heavy atom. The zero-order chi connectivity index (χ0) is 33.6. The lowest BCUT2D eigenvalue weighted by molar-refractivity contribution is -0.0980. The van der Waals surface area contributed by atoms with Gasteiger partial charge in [0, 0.05) is 0 Å². The van der Waals surface area contributed by atoms with Crippen LogP contribution in [0.4, 0.5) is 8.78 Å². The molecule has 37 heavy (non-hydrogen) atoms. The Kier molecular flexibility index (Phi) is 377. The van der Waals surface area contributed by atoms with Gasteiger partial charge in [0.05, 0.1) is 7.18 Å². The van der Waals surface area contributed by atoms with Crippen molar-refractivity contribution in [2.45, 2.75) is 155 Å². The maximum absolute atomic E-state index is 13.0. The summed E-state index contributed by atoms with van der Waals surface area (Å²) in [6.45, 7) is 41.4. The third kappa shape index (κ3) is 394. The third-order valence-electron chi connectivity index (χ3n) is 1.98. The molecule has 0 spiro atoms. The van der Waals surface area contributed by atoms with E-state index in [1.54, 1.807) is 13.8 Å². The summed E-state index contributed by atoms with van der Waals surface area (Å²) < 4.78 is 22.5. The second-order valence-electron chi connectivity index (χ2n) is 4.70. The van der Waals surface area contributed by atoms with E-state index in [4.69, 9.17) is 4.79 Å². The van der Waals surface area contributed by atoms with Crippen LogP contribution in [0.3, 0.4) is 0 Å². The monoisotopic (exact) mass is 546 g/mol. The molecule has 0 unspecified atom stereocenters. The van der Waals surface area contributed by atoms with Crippen LogP contribution in [-0.4, -0.2) is 33.7 Å². The van der Waals surface area contributed by atoms with Crippen molar-refractivity contribution < 1.29 is 13.6 Å². The Morgan fingerprint density at radius 1 is 0.649 bits per heavy atom. The van der Waals surface area contributed by atoms with Crippen molar-refractivity contribution in [1.82, 2.24) is 5.32 Å². The van der Waals surface area contributed by atoms with Crippen molar-refractivity contribution in [2.24, 2.45) is 0 Å². The molecule has 0 amide bonds. The summed E-state index contributed by atoms with van der Waals surface area (Å²) in [4.78, 5) is 8.00. The Hall–Kier alpha value is -1.29. The fraction of sp³-hybridized carbons (Fsp3) is 0.788. The molecule has 0 aliphatic carbocycles. The van der Waals surface area contributed by atoms with E-state index in [0.29, 0.717) is 13.6 Å². The average molecular weight is 546 g/mol. The number of unbranched alkanes of at least 4 members (excludes halogenated alkanes) is 1. The molecule has 2 nitrogen and oxygen atoms in total. The zero-order valence-electron chi connectivity index (χ0n) is 30.1. The molecule has 0 aromatic heterocycles. The van der Waals surface area contributed by atoms with Crippen LogP contribution in [0.15, 0.2) is 37.5 Å². The van der Waals surface area contributed by atoms with Crippen LogP contribution >= 0.6 is 0 Å². The molecule has 0 heterocycles. The van der Waals surface area contributed by atoms with Gasteiger partial charge in [-0.2, -0.15) is 0 Å². The number of allylic oxidation sites excluding steroid dienone is 4. The number of hydrogen-bond donors (Lipinski definition) is 1. The van der Waals surface area contributed by atoms with Gasteiger partial charge in [-0.15, -0.1) is 13.2 Å². The summed E-state index contributed by atoms with van der Waals surface area (Å²) >= 11 is 0. The Morgan fingerprint density at radius 2 is 0.892 bits per heavy atom. The van der Waals surface area contributed by atoms with Gasteiger partial charge in [0.25, 0.3) is 0 Å². The molecule has 0 radical (unpaired) electrons. The maximum Gasteiger partial charge on any atom is 0.106 e. The van der Waals surface area contributed by atoms with Crippen molar-refractivity contribution in [3.8, 4) is 0 Å². The lowest BCUT2D eigenvalue weighted by Crippen LogP contribution is -2.10. The largest absolute Gasteiger partial charge is 0.323 e. The highest BCUT2D eigenvalue weighted by Crippen LogP contribution is 2.17. The average Bonchev–Trinajstić information content (AvgIpc) is 3.01. The normalized spacial score (nSPS) is 6.97. The predicted molar refractivity (Wildman–Crippen MR) is 182 cm³/mol. The van der Waals surface area contributed by atoms with E-state index in [0.717, 1.165) is 25.7 Å². The van der Waals surface area contributed by atoms with Gasteiger partial charge in [0.1, 0.15) is 12.5 Å². The number of alkyl halides is 2. The molecule has 0 saturated carbocycles. The van der Waals surface area contributed by atoms with Gasteiger partial charge in [-0.05, 0) is 60.0 Å². The van der Waals surface area contributed by atoms with E-state index < -0.39 is 5.67 Å². The lowest BCUT2D eigenvalue weighted by Gasteiger charge is -2.11. The second-order valence-corrected chi connectivity index (χ2v) is 4.70. The van der Waals surface area contributed by atoms with Crippen LogP contribution in [-0.2, 0) is 4.79 Å². The van der Waals surface area contributed by atoms with E-state index >= 15 is 0 Å². The predicted octanol–water partition coefficient (Wildman–Crippen LogP) is 13.0. The molecule has 0 bridgehead atoms. The van der Waals surface area contributed by atoms with Crippen LogP contribution in [0.1, 0.15) is 150 Å². The molecule has 4 heteroatoms. The van der Waals surface area contributed by atoms with E-state index in [9.17, 15) is 8.78 Å². The van der Waals surface area contributed by atoms with Gasteiger partial charge in [-0.25, -0.2) is 4.39 Å². The SMILES string of the molecule is C=C.C=O.CC.CC.CC.CC.CC.CC.CC.CCC=CCC=CCCCC(C)(C)F.CF.CNC. The molecule has 0 rings (SSSR count). The maximum atomic E-state index is 13.0. The molecule has 0 aromatic rings. The van der Waals surface area contributed by atoms with Crippen molar-refractivity contribution in [1.29, 1.82) is 0 Å². The van der Waals surface area contributed by atoms with Gasteiger partial charge in [0.2, 0.25) is 0 Å². The fourth-order valence-electron chi connectivity index (χ4n) is 1.20. The van der Waals surface area contributed by atoms with E-state index in [2.05, 4.69) is 49.7 Å². The van der Waals surface area contributed by atoms with Crippen LogP contribution in [0.2, 0.25) is 0 Å². The third-order valence-corrected chi connectivity index (χ3v) is 1.98. The molecular weight excluding hydrogens is 464 g/mol. The molecule has 0 aliphatic rings.